The second-order valence-corrected chi connectivity index (χ2v) is 4.74. The molecule has 0 saturated carbocycles. The van der Waals surface area contributed by atoms with Gasteiger partial charge in [0.05, 0.1) is 5.60 Å². The van der Waals surface area contributed by atoms with E-state index in [1.165, 1.54) is 0 Å². The highest BCUT2D eigenvalue weighted by Crippen LogP contribution is 2.15. The lowest BCUT2D eigenvalue weighted by molar-refractivity contribution is -0.0432. The maximum absolute atomic E-state index is 5.81. The van der Waals surface area contributed by atoms with Crippen LogP contribution in [0.3, 0.4) is 0 Å². The Morgan fingerprint density at radius 2 is 1.79 bits per heavy atom. The molecule has 0 aliphatic carbocycles. The van der Waals surface area contributed by atoms with Gasteiger partial charge in [0.2, 0.25) is 0 Å². The van der Waals surface area contributed by atoms with E-state index >= 15 is 0 Å². The maximum Gasteiger partial charge on any atom is 0.0648 e. The van der Waals surface area contributed by atoms with Crippen molar-refractivity contribution in [3.63, 3.8) is 0 Å². The molecule has 0 rings (SSSR count). The molecule has 0 spiro atoms. The quantitative estimate of drug-likeness (QED) is 0.562. The van der Waals surface area contributed by atoms with Crippen molar-refractivity contribution in [2.45, 2.75) is 53.1 Å². The lowest BCUT2D eigenvalue weighted by atomic mass is 10.1. The third-order valence-electron chi connectivity index (χ3n) is 2.24. The molecule has 0 radical (unpaired) electrons. The molecule has 0 fully saturated rings. The normalized spacial score (nSPS) is 12.4. The van der Waals surface area contributed by atoms with E-state index in [4.69, 9.17) is 9.47 Å². The fourth-order valence-electron chi connectivity index (χ4n) is 1.11. The Bertz CT molecular complexity index is 130. The maximum atomic E-state index is 5.81. The first-order valence-electron chi connectivity index (χ1n) is 5.69. The van der Waals surface area contributed by atoms with Crippen LogP contribution in [0.25, 0.3) is 0 Å². The smallest absolute Gasteiger partial charge is 0.0648 e. The first-order chi connectivity index (χ1) is 6.48. The molecule has 14 heavy (non-hydrogen) atoms. The first kappa shape index (κ1) is 13.9. The van der Waals surface area contributed by atoms with Crippen molar-refractivity contribution in [2.24, 2.45) is 5.92 Å². The van der Waals surface area contributed by atoms with Crippen LogP contribution >= 0.6 is 0 Å². The highest BCUT2D eigenvalue weighted by Gasteiger charge is 2.17. The number of rotatable bonds is 8. The van der Waals surface area contributed by atoms with Gasteiger partial charge in [-0.05, 0) is 39.5 Å². The van der Waals surface area contributed by atoms with E-state index < -0.39 is 0 Å². The van der Waals surface area contributed by atoms with Gasteiger partial charge < -0.3 is 9.47 Å². The third-order valence-corrected chi connectivity index (χ3v) is 2.24. The van der Waals surface area contributed by atoms with Crippen molar-refractivity contribution < 1.29 is 9.47 Å². The van der Waals surface area contributed by atoms with Crippen LogP contribution in [0.5, 0.6) is 0 Å². The van der Waals surface area contributed by atoms with Crippen molar-refractivity contribution in [3.8, 4) is 0 Å². The van der Waals surface area contributed by atoms with Gasteiger partial charge in [-0.25, -0.2) is 0 Å². The summed E-state index contributed by atoms with van der Waals surface area (Å²) in [6, 6.07) is 0. The topological polar surface area (TPSA) is 18.5 Å². The number of hydrogen-bond acceptors (Lipinski definition) is 2. The van der Waals surface area contributed by atoms with Gasteiger partial charge in [-0.3, -0.25) is 0 Å². The van der Waals surface area contributed by atoms with Gasteiger partial charge in [0.1, 0.15) is 0 Å². The summed E-state index contributed by atoms with van der Waals surface area (Å²) in [7, 11) is 0. The van der Waals surface area contributed by atoms with E-state index in [1.807, 2.05) is 6.92 Å². The number of ether oxygens (including phenoxy) is 2. The molecule has 0 aromatic carbocycles. The Labute approximate surface area is 89.0 Å². The molecule has 0 aliphatic rings. The van der Waals surface area contributed by atoms with Crippen LogP contribution in [0.1, 0.15) is 47.5 Å². The zero-order chi connectivity index (χ0) is 11.0. The molecule has 0 aromatic rings. The van der Waals surface area contributed by atoms with Gasteiger partial charge >= 0.3 is 0 Å². The summed E-state index contributed by atoms with van der Waals surface area (Å²) in [6.07, 6.45) is 2.11. The van der Waals surface area contributed by atoms with E-state index in [1.54, 1.807) is 0 Å². The van der Waals surface area contributed by atoms with Crippen molar-refractivity contribution in [3.05, 3.63) is 0 Å². The fraction of sp³-hybridized carbons (Fsp3) is 1.00. The minimum atomic E-state index is -0.0376. The Kier molecular flexibility index (Phi) is 7.20. The minimum absolute atomic E-state index is 0.0376. The van der Waals surface area contributed by atoms with E-state index in [2.05, 4.69) is 27.7 Å². The summed E-state index contributed by atoms with van der Waals surface area (Å²) >= 11 is 0. The molecule has 0 N–H and O–H groups in total. The van der Waals surface area contributed by atoms with Gasteiger partial charge in [-0.2, -0.15) is 0 Å². The van der Waals surface area contributed by atoms with Crippen LogP contribution in [0.2, 0.25) is 0 Å². The summed E-state index contributed by atoms with van der Waals surface area (Å²) in [5.74, 6) is 0.720. The van der Waals surface area contributed by atoms with Crippen LogP contribution in [-0.4, -0.2) is 25.4 Å². The molecule has 0 unspecified atom stereocenters. The lowest BCUT2D eigenvalue weighted by Crippen LogP contribution is -2.27. The third kappa shape index (κ3) is 8.52. The van der Waals surface area contributed by atoms with E-state index in [0.717, 1.165) is 38.6 Å². The van der Waals surface area contributed by atoms with Crippen LogP contribution < -0.4 is 0 Å². The standard InChI is InChI=1S/C12H26O2/c1-6-13-10-8-12(4,5)14-9-7-11(2)3/h11H,6-10H2,1-5H3. The average molecular weight is 202 g/mol. The summed E-state index contributed by atoms with van der Waals surface area (Å²) in [6.45, 7) is 13.2. The predicted octanol–water partition coefficient (Wildman–Crippen LogP) is 3.25. The molecular formula is C12H26O2. The molecular weight excluding hydrogens is 176 g/mol. The van der Waals surface area contributed by atoms with Crippen LogP contribution in [-0.2, 0) is 9.47 Å². The largest absolute Gasteiger partial charge is 0.382 e. The Balaban J connectivity index is 3.50. The molecule has 2 heteroatoms. The summed E-state index contributed by atoms with van der Waals surface area (Å²) in [4.78, 5) is 0. The van der Waals surface area contributed by atoms with Crippen molar-refractivity contribution in [2.75, 3.05) is 19.8 Å². The molecule has 0 aromatic heterocycles. The zero-order valence-corrected chi connectivity index (χ0v) is 10.4. The van der Waals surface area contributed by atoms with E-state index in [9.17, 15) is 0 Å². The van der Waals surface area contributed by atoms with Gasteiger partial charge in [0.15, 0.2) is 0 Å². The number of hydrogen-bond donors (Lipinski definition) is 0. The van der Waals surface area contributed by atoms with Gasteiger partial charge in [0, 0.05) is 19.8 Å². The Morgan fingerprint density at radius 1 is 1.14 bits per heavy atom. The van der Waals surface area contributed by atoms with Crippen LogP contribution in [0.15, 0.2) is 0 Å². The van der Waals surface area contributed by atoms with Gasteiger partial charge in [-0.1, -0.05) is 13.8 Å². The lowest BCUT2D eigenvalue weighted by Gasteiger charge is -2.25. The summed E-state index contributed by atoms with van der Waals surface area (Å²) in [5, 5.41) is 0. The molecule has 0 aliphatic heterocycles. The minimum Gasteiger partial charge on any atom is -0.382 e. The SMILES string of the molecule is CCOCCC(C)(C)OCCC(C)C. The molecule has 86 valence electrons. The van der Waals surface area contributed by atoms with Gasteiger partial charge in [-0.15, -0.1) is 0 Å². The van der Waals surface area contributed by atoms with Crippen molar-refractivity contribution >= 4 is 0 Å². The van der Waals surface area contributed by atoms with E-state index in [0.29, 0.717) is 0 Å². The highest BCUT2D eigenvalue weighted by molar-refractivity contribution is 4.68. The second kappa shape index (κ2) is 7.24. The summed E-state index contributed by atoms with van der Waals surface area (Å²) in [5.41, 5.74) is -0.0376. The monoisotopic (exact) mass is 202 g/mol. The molecule has 0 atom stereocenters. The zero-order valence-electron chi connectivity index (χ0n) is 10.4. The summed E-state index contributed by atoms with van der Waals surface area (Å²) < 4.78 is 11.1. The van der Waals surface area contributed by atoms with Crippen molar-refractivity contribution in [1.29, 1.82) is 0 Å². The molecule has 0 amide bonds. The Hall–Kier alpha value is -0.0800. The average Bonchev–Trinajstić information content (AvgIpc) is 2.03. The molecule has 0 bridgehead atoms. The first-order valence-corrected chi connectivity index (χ1v) is 5.69. The fourth-order valence-corrected chi connectivity index (χ4v) is 1.11. The second-order valence-electron chi connectivity index (χ2n) is 4.74. The molecule has 2 nitrogen and oxygen atoms in total. The molecule has 0 saturated heterocycles. The van der Waals surface area contributed by atoms with Crippen molar-refractivity contribution in [1.82, 2.24) is 0 Å². The molecule has 0 heterocycles. The van der Waals surface area contributed by atoms with Crippen LogP contribution in [0, 0.1) is 5.92 Å². The predicted molar refractivity (Wildman–Crippen MR) is 60.6 cm³/mol. The van der Waals surface area contributed by atoms with E-state index in [-0.39, 0.29) is 5.60 Å². The van der Waals surface area contributed by atoms with Crippen LogP contribution in [0.4, 0.5) is 0 Å². The Morgan fingerprint density at radius 3 is 2.29 bits per heavy atom. The highest BCUT2D eigenvalue weighted by atomic mass is 16.5. The van der Waals surface area contributed by atoms with Gasteiger partial charge in [0.25, 0.3) is 0 Å².